The van der Waals surface area contributed by atoms with Gasteiger partial charge >= 0.3 is 0 Å². The number of likely N-dealkylation sites (N-methyl/N-ethyl adjacent to an activating group) is 1. The summed E-state index contributed by atoms with van der Waals surface area (Å²) in [5.74, 6) is 1.000. The predicted octanol–water partition coefficient (Wildman–Crippen LogP) is 2.20. The molecule has 0 saturated carbocycles. The number of hydrogen-bond donors (Lipinski definition) is 1. The van der Waals surface area contributed by atoms with Gasteiger partial charge in [-0.3, -0.25) is 4.90 Å². The molecule has 4 nitrogen and oxygen atoms in total. The Kier molecular flexibility index (Phi) is 4.57. The van der Waals surface area contributed by atoms with Crippen molar-refractivity contribution in [3.05, 3.63) is 53.1 Å². The number of rotatable bonds is 5. The van der Waals surface area contributed by atoms with Gasteiger partial charge in [-0.15, -0.1) is 0 Å². The second kappa shape index (κ2) is 6.20. The topological polar surface area (TPSA) is 41.3 Å². The first-order valence-corrected chi connectivity index (χ1v) is 6.87. The summed E-state index contributed by atoms with van der Waals surface area (Å²) in [6.07, 6.45) is 3.26. The van der Waals surface area contributed by atoms with Gasteiger partial charge in [0.25, 0.3) is 0 Å². The van der Waals surface area contributed by atoms with Crippen LogP contribution < -0.4 is 0 Å². The fourth-order valence-electron chi connectivity index (χ4n) is 2.23. The third-order valence-corrected chi connectivity index (χ3v) is 3.73. The van der Waals surface area contributed by atoms with Gasteiger partial charge in [0, 0.05) is 26.0 Å². The van der Waals surface area contributed by atoms with E-state index in [9.17, 15) is 5.11 Å². The van der Waals surface area contributed by atoms with Crippen LogP contribution in [0.1, 0.15) is 28.6 Å². The Morgan fingerprint density at radius 3 is 2.65 bits per heavy atom. The third kappa shape index (κ3) is 3.46. The van der Waals surface area contributed by atoms with E-state index in [0.717, 1.165) is 17.9 Å². The SMILES string of the molecule is Cc1ccc(C(O)CN(C)Cc2nccn2C)cc1C. The van der Waals surface area contributed by atoms with Crippen LogP contribution >= 0.6 is 0 Å². The van der Waals surface area contributed by atoms with Crippen molar-refractivity contribution in [1.29, 1.82) is 0 Å². The molecule has 108 valence electrons. The Morgan fingerprint density at radius 2 is 2.05 bits per heavy atom. The molecule has 4 heteroatoms. The van der Waals surface area contributed by atoms with E-state index in [4.69, 9.17) is 0 Å². The molecule has 1 N–H and O–H groups in total. The van der Waals surface area contributed by atoms with Gasteiger partial charge in [0.05, 0.1) is 12.6 Å². The number of aliphatic hydroxyl groups is 1. The zero-order valence-corrected chi connectivity index (χ0v) is 12.7. The van der Waals surface area contributed by atoms with E-state index >= 15 is 0 Å². The van der Waals surface area contributed by atoms with E-state index in [1.54, 1.807) is 6.20 Å². The minimum Gasteiger partial charge on any atom is -0.387 e. The van der Waals surface area contributed by atoms with Crippen LogP contribution in [-0.2, 0) is 13.6 Å². The van der Waals surface area contributed by atoms with E-state index in [1.165, 1.54) is 11.1 Å². The average Bonchev–Trinajstić information content (AvgIpc) is 2.78. The normalized spacial score (nSPS) is 12.9. The fourth-order valence-corrected chi connectivity index (χ4v) is 2.23. The number of aromatic nitrogens is 2. The Hall–Kier alpha value is -1.65. The molecule has 2 rings (SSSR count). The molecule has 0 radical (unpaired) electrons. The summed E-state index contributed by atoms with van der Waals surface area (Å²) in [6.45, 7) is 5.47. The molecule has 0 bridgehead atoms. The molecule has 0 saturated heterocycles. The number of hydrogen-bond acceptors (Lipinski definition) is 3. The molecule has 1 atom stereocenters. The van der Waals surface area contributed by atoms with E-state index in [0.29, 0.717) is 6.54 Å². The number of aryl methyl sites for hydroxylation is 3. The molecule has 0 aliphatic rings. The zero-order chi connectivity index (χ0) is 14.7. The molecule has 0 aliphatic heterocycles. The summed E-state index contributed by atoms with van der Waals surface area (Å²) >= 11 is 0. The van der Waals surface area contributed by atoms with Crippen LogP contribution in [-0.4, -0.2) is 33.1 Å². The molecule has 2 aromatic rings. The van der Waals surface area contributed by atoms with E-state index in [-0.39, 0.29) is 0 Å². The predicted molar refractivity (Wildman–Crippen MR) is 80.4 cm³/mol. The van der Waals surface area contributed by atoms with Crippen molar-refractivity contribution in [3.63, 3.8) is 0 Å². The van der Waals surface area contributed by atoms with Gasteiger partial charge in [0.2, 0.25) is 0 Å². The van der Waals surface area contributed by atoms with Crippen LogP contribution in [0.25, 0.3) is 0 Å². The molecule has 1 heterocycles. The summed E-state index contributed by atoms with van der Waals surface area (Å²) in [5, 5.41) is 10.3. The van der Waals surface area contributed by atoms with E-state index in [1.807, 2.05) is 30.9 Å². The maximum absolute atomic E-state index is 10.3. The lowest BCUT2D eigenvalue weighted by Gasteiger charge is -2.21. The first kappa shape index (κ1) is 14.8. The first-order chi connectivity index (χ1) is 9.47. The fraction of sp³-hybridized carbons (Fsp3) is 0.438. The molecule has 0 fully saturated rings. The van der Waals surface area contributed by atoms with Crippen molar-refractivity contribution in [2.24, 2.45) is 7.05 Å². The largest absolute Gasteiger partial charge is 0.387 e. The standard InChI is InChI=1S/C16H23N3O/c1-12-5-6-14(9-13(12)2)15(20)10-18(3)11-16-17-7-8-19(16)4/h5-9,15,20H,10-11H2,1-4H3. The Morgan fingerprint density at radius 1 is 1.30 bits per heavy atom. The second-order valence-corrected chi connectivity index (χ2v) is 5.51. The van der Waals surface area contributed by atoms with Crippen molar-refractivity contribution in [2.45, 2.75) is 26.5 Å². The smallest absolute Gasteiger partial charge is 0.122 e. The Balaban J connectivity index is 1.98. The lowest BCUT2D eigenvalue weighted by Crippen LogP contribution is -2.25. The quantitative estimate of drug-likeness (QED) is 0.908. The lowest BCUT2D eigenvalue weighted by molar-refractivity contribution is 0.122. The molecular formula is C16H23N3O. The minimum absolute atomic E-state index is 0.473. The molecule has 0 aliphatic carbocycles. The maximum atomic E-state index is 10.3. The number of imidazole rings is 1. The van der Waals surface area contributed by atoms with Crippen LogP contribution in [0.3, 0.4) is 0 Å². The Labute approximate surface area is 120 Å². The summed E-state index contributed by atoms with van der Waals surface area (Å²) in [4.78, 5) is 6.39. The number of nitrogens with zero attached hydrogens (tertiary/aromatic N) is 3. The zero-order valence-electron chi connectivity index (χ0n) is 12.7. The van der Waals surface area contributed by atoms with E-state index in [2.05, 4.69) is 35.9 Å². The third-order valence-electron chi connectivity index (χ3n) is 3.73. The monoisotopic (exact) mass is 273 g/mol. The summed E-state index contributed by atoms with van der Waals surface area (Å²) in [6, 6.07) is 6.13. The highest BCUT2D eigenvalue weighted by molar-refractivity contribution is 5.31. The lowest BCUT2D eigenvalue weighted by atomic mass is 10.0. The highest BCUT2D eigenvalue weighted by Crippen LogP contribution is 2.18. The molecule has 1 aromatic carbocycles. The first-order valence-electron chi connectivity index (χ1n) is 6.87. The maximum Gasteiger partial charge on any atom is 0.122 e. The van der Waals surface area contributed by atoms with Crippen molar-refractivity contribution >= 4 is 0 Å². The van der Waals surface area contributed by atoms with Crippen molar-refractivity contribution < 1.29 is 5.11 Å². The minimum atomic E-state index is -0.473. The van der Waals surface area contributed by atoms with Crippen LogP contribution in [0.15, 0.2) is 30.6 Å². The molecule has 1 unspecified atom stereocenters. The molecule has 20 heavy (non-hydrogen) atoms. The van der Waals surface area contributed by atoms with Crippen LogP contribution in [0.5, 0.6) is 0 Å². The van der Waals surface area contributed by atoms with Crippen molar-refractivity contribution in [3.8, 4) is 0 Å². The van der Waals surface area contributed by atoms with Gasteiger partial charge in [-0.2, -0.15) is 0 Å². The van der Waals surface area contributed by atoms with E-state index < -0.39 is 6.10 Å². The van der Waals surface area contributed by atoms with Crippen LogP contribution in [0.4, 0.5) is 0 Å². The van der Waals surface area contributed by atoms with Crippen molar-refractivity contribution in [2.75, 3.05) is 13.6 Å². The van der Waals surface area contributed by atoms with Crippen LogP contribution in [0.2, 0.25) is 0 Å². The average molecular weight is 273 g/mol. The van der Waals surface area contributed by atoms with Gasteiger partial charge in [0.1, 0.15) is 5.82 Å². The van der Waals surface area contributed by atoms with Gasteiger partial charge in [-0.05, 0) is 37.6 Å². The van der Waals surface area contributed by atoms with Gasteiger partial charge in [-0.25, -0.2) is 4.98 Å². The van der Waals surface area contributed by atoms with Crippen molar-refractivity contribution in [1.82, 2.24) is 14.5 Å². The molecule has 0 amide bonds. The summed E-state index contributed by atoms with van der Waals surface area (Å²) < 4.78 is 2.00. The molecule has 0 spiro atoms. The summed E-state index contributed by atoms with van der Waals surface area (Å²) in [7, 11) is 3.98. The highest BCUT2D eigenvalue weighted by Gasteiger charge is 2.13. The van der Waals surface area contributed by atoms with Gasteiger partial charge < -0.3 is 9.67 Å². The molecule has 1 aromatic heterocycles. The number of aliphatic hydroxyl groups excluding tert-OH is 1. The Bertz CT molecular complexity index is 577. The van der Waals surface area contributed by atoms with Gasteiger partial charge in [-0.1, -0.05) is 18.2 Å². The number of benzene rings is 1. The second-order valence-electron chi connectivity index (χ2n) is 5.51. The van der Waals surface area contributed by atoms with Gasteiger partial charge in [0.15, 0.2) is 0 Å². The van der Waals surface area contributed by atoms with Crippen LogP contribution in [0, 0.1) is 13.8 Å². The summed E-state index contributed by atoms with van der Waals surface area (Å²) in [5.41, 5.74) is 3.44. The highest BCUT2D eigenvalue weighted by atomic mass is 16.3. The molecular weight excluding hydrogens is 250 g/mol.